The van der Waals surface area contributed by atoms with Gasteiger partial charge in [-0.15, -0.1) is 0 Å². The highest BCUT2D eigenvalue weighted by Crippen LogP contribution is 2.24. The molecule has 0 aliphatic carbocycles. The van der Waals surface area contributed by atoms with Crippen molar-refractivity contribution in [2.24, 2.45) is 0 Å². The van der Waals surface area contributed by atoms with Crippen LogP contribution in [-0.4, -0.2) is 13.0 Å². The number of carbonyl (C=O) groups excluding carboxylic acids is 1. The van der Waals surface area contributed by atoms with Crippen molar-refractivity contribution >= 4 is 33.2 Å². The fraction of sp³-hybridized carbons (Fsp3) is 0.133. The number of hydrogen-bond acceptors (Lipinski definition) is 2. The summed E-state index contributed by atoms with van der Waals surface area (Å²) in [4.78, 5) is 12.2. The van der Waals surface area contributed by atoms with Crippen molar-refractivity contribution in [3.63, 3.8) is 0 Å². The maximum absolute atomic E-state index is 13.2. The first-order valence-electron chi connectivity index (χ1n) is 6.06. The molecule has 1 amide bonds. The van der Waals surface area contributed by atoms with Crippen molar-refractivity contribution in [2.75, 3.05) is 17.7 Å². The number of nitrogens with one attached hydrogen (secondary N) is 2. The summed E-state index contributed by atoms with van der Waals surface area (Å²) in [5, 5.41) is 5.71. The Bertz CT molecular complexity index is 658. The van der Waals surface area contributed by atoms with Crippen LogP contribution in [0, 0.1) is 12.7 Å². The van der Waals surface area contributed by atoms with Crippen LogP contribution in [0.25, 0.3) is 0 Å². The number of aryl methyl sites for hydroxylation is 1. The quantitative estimate of drug-likeness (QED) is 0.882. The molecule has 2 aromatic rings. The van der Waals surface area contributed by atoms with Crippen molar-refractivity contribution in [1.82, 2.24) is 0 Å². The number of anilines is 2. The second-order valence-electron chi connectivity index (χ2n) is 4.36. The van der Waals surface area contributed by atoms with Gasteiger partial charge in [-0.2, -0.15) is 0 Å². The van der Waals surface area contributed by atoms with Gasteiger partial charge in [0.15, 0.2) is 0 Å². The second kappa shape index (κ2) is 6.05. The van der Waals surface area contributed by atoms with E-state index in [4.69, 9.17) is 0 Å². The zero-order valence-corrected chi connectivity index (χ0v) is 12.7. The van der Waals surface area contributed by atoms with Crippen LogP contribution in [0.1, 0.15) is 15.9 Å². The molecular weight excluding hydrogens is 323 g/mol. The summed E-state index contributed by atoms with van der Waals surface area (Å²) in [5.74, 6) is -0.665. The van der Waals surface area contributed by atoms with Crippen molar-refractivity contribution in [3.05, 3.63) is 57.8 Å². The highest BCUT2D eigenvalue weighted by molar-refractivity contribution is 9.10. The van der Waals surface area contributed by atoms with E-state index in [0.29, 0.717) is 15.7 Å². The lowest BCUT2D eigenvalue weighted by Crippen LogP contribution is -2.14. The molecule has 0 aliphatic rings. The predicted octanol–water partition coefficient (Wildman–Crippen LogP) is 4.19. The first-order chi connectivity index (χ1) is 9.51. The summed E-state index contributed by atoms with van der Waals surface area (Å²) in [7, 11) is 1.82. The highest BCUT2D eigenvalue weighted by atomic mass is 79.9. The van der Waals surface area contributed by atoms with Gasteiger partial charge in [0.1, 0.15) is 5.82 Å². The van der Waals surface area contributed by atoms with Gasteiger partial charge in [0.25, 0.3) is 5.91 Å². The van der Waals surface area contributed by atoms with Gasteiger partial charge in [-0.05, 0) is 64.8 Å². The fourth-order valence-electron chi connectivity index (χ4n) is 1.86. The number of benzene rings is 2. The molecule has 0 bridgehead atoms. The lowest BCUT2D eigenvalue weighted by atomic mass is 10.1. The van der Waals surface area contributed by atoms with Gasteiger partial charge in [0, 0.05) is 22.8 Å². The largest absolute Gasteiger partial charge is 0.388 e. The maximum atomic E-state index is 13.2. The Labute approximate surface area is 125 Å². The van der Waals surface area contributed by atoms with E-state index in [-0.39, 0.29) is 5.91 Å². The molecule has 2 aromatic carbocycles. The van der Waals surface area contributed by atoms with Crippen LogP contribution >= 0.6 is 15.9 Å². The van der Waals surface area contributed by atoms with Crippen LogP contribution in [-0.2, 0) is 0 Å². The maximum Gasteiger partial charge on any atom is 0.255 e. The van der Waals surface area contributed by atoms with E-state index < -0.39 is 5.82 Å². The van der Waals surface area contributed by atoms with Gasteiger partial charge in [-0.1, -0.05) is 0 Å². The molecule has 0 unspecified atom stereocenters. The summed E-state index contributed by atoms with van der Waals surface area (Å²) in [5.41, 5.74) is 2.75. The Balaban J connectivity index is 2.26. The van der Waals surface area contributed by atoms with Crippen LogP contribution in [0.2, 0.25) is 0 Å². The van der Waals surface area contributed by atoms with Gasteiger partial charge in [-0.3, -0.25) is 4.79 Å². The molecular formula is C15H14BrFN2O. The van der Waals surface area contributed by atoms with Gasteiger partial charge < -0.3 is 10.6 Å². The molecule has 3 nitrogen and oxygen atoms in total. The predicted molar refractivity (Wildman–Crippen MR) is 82.8 cm³/mol. The third-order valence-corrected chi connectivity index (χ3v) is 3.63. The number of rotatable bonds is 3. The number of carbonyl (C=O) groups is 1. The Morgan fingerprint density at radius 1 is 1.20 bits per heavy atom. The molecule has 0 saturated carbocycles. The average molecular weight is 337 g/mol. The van der Waals surface area contributed by atoms with Gasteiger partial charge in [-0.25, -0.2) is 4.39 Å². The Hall–Kier alpha value is -1.88. The first-order valence-corrected chi connectivity index (χ1v) is 6.85. The molecule has 5 heteroatoms. The third kappa shape index (κ3) is 3.17. The van der Waals surface area contributed by atoms with Crippen LogP contribution in [0.4, 0.5) is 15.8 Å². The van der Waals surface area contributed by atoms with E-state index in [0.717, 1.165) is 11.3 Å². The van der Waals surface area contributed by atoms with E-state index >= 15 is 0 Å². The minimum absolute atomic E-state index is 0.267. The van der Waals surface area contributed by atoms with Crippen LogP contribution in [0.3, 0.4) is 0 Å². The lowest BCUT2D eigenvalue weighted by Gasteiger charge is -2.10. The highest BCUT2D eigenvalue weighted by Gasteiger charge is 2.11. The van der Waals surface area contributed by atoms with Crippen molar-refractivity contribution in [3.8, 4) is 0 Å². The number of halogens is 2. The van der Waals surface area contributed by atoms with Crippen LogP contribution in [0.15, 0.2) is 40.9 Å². The Morgan fingerprint density at radius 3 is 2.60 bits per heavy atom. The molecule has 0 saturated heterocycles. The summed E-state index contributed by atoms with van der Waals surface area (Å²) in [6, 6.07) is 9.61. The van der Waals surface area contributed by atoms with E-state index in [1.54, 1.807) is 12.1 Å². The zero-order valence-electron chi connectivity index (χ0n) is 11.1. The SMILES string of the molecule is CNc1ccc(C(=O)Nc2cc(F)ccc2Br)c(C)c1. The first kappa shape index (κ1) is 14.5. The topological polar surface area (TPSA) is 41.1 Å². The molecule has 104 valence electrons. The third-order valence-electron chi connectivity index (χ3n) is 2.94. The molecule has 0 atom stereocenters. The van der Waals surface area contributed by atoms with Crippen molar-refractivity contribution in [1.29, 1.82) is 0 Å². The Kier molecular flexibility index (Phi) is 4.39. The smallest absolute Gasteiger partial charge is 0.255 e. The van der Waals surface area contributed by atoms with Crippen molar-refractivity contribution < 1.29 is 9.18 Å². The lowest BCUT2D eigenvalue weighted by molar-refractivity contribution is 0.102. The molecule has 0 aromatic heterocycles. The van der Waals surface area contributed by atoms with Gasteiger partial charge in [0.05, 0.1) is 5.69 Å². The number of hydrogen-bond donors (Lipinski definition) is 2. The van der Waals surface area contributed by atoms with Gasteiger partial charge >= 0.3 is 0 Å². The van der Waals surface area contributed by atoms with Gasteiger partial charge in [0.2, 0.25) is 0 Å². The van der Waals surface area contributed by atoms with E-state index in [2.05, 4.69) is 26.6 Å². The summed E-state index contributed by atoms with van der Waals surface area (Å²) < 4.78 is 13.8. The normalized spacial score (nSPS) is 10.2. The molecule has 0 fully saturated rings. The second-order valence-corrected chi connectivity index (χ2v) is 5.21. The summed E-state index contributed by atoms with van der Waals surface area (Å²) in [6.07, 6.45) is 0. The summed E-state index contributed by atoms with van der Waals surface area (Å²) >= 11 is 3.28. The molecule has 0 aliphatic heterocycles. The fourth-order valence-corrected chi connectivity index (χ4v) is 2.20. The molecule has 20 heavy (non-hydrogen) atoms. The number of amides is 1. The Morgan fingerprint density at radius 2 is 1.95 bits per heavy atom. The average Bonchev–Trinajstić information content (AvgIpc) is 2.42. The van der Waals surface area contributed by atoms with E-state index in [1.165, 1.54) is 12.1 Å². The summed E-state index contributed by atoms with van der Waals surface area (Å²) in [6.45, 7) is 1.86. The minimum Gasteiger partial charge on any atom is -0.388 e. The monoisotopic (exact) mass is 336 g/mol. The van der Waals surface area contributed by atoms with E-state index in [1.807, 2.05) is 26.1 Å². The van der Waals surface area contributed by atoms with E-state index in [9.17, 15) is 9.18 Å². The zero-order chi connectivity index (χ0) is 14.7. The minimum atomic E-state index is -0.397. The molecule has 0 heterocycles. The van der Waals surface area contributed by atoms with Crippen LogP contribution < -0.4 is 10.6 Å². The van der Waals surface area contributed by atoms with Crippen molar-refractivity contribution in [2.45, 2.75) is 6.92 Å². The molecule has 0 spiro atoms. The van der Waals surface area contributed by atoms with Crippen LogP contribution in [0.5, 0.6) is 0 Å². The standard InChI is InChI=1S/C15H14BrFN2O/c1-9-7-11(18-2)4-5-12(9)15(20)19-14-8-10(17)3-6-13(14)16/h3-8,18H,1-2H3,(H,19,20). The molecule has 2 N–H and O–H groups in total. The molecule has 0 radical (unpaired) electrons. The molecule has 2 rings (SSSR count).